The van der Waals surface area contributed by atoms with Crippen molar-refractivity contribution >= 4 is 5.91 Å². The van der Waals surface area contributed by atoms with E-state index < -0.39 is 0 Å². The van der Waals surface area contributed by atoms with E-state index in [2.05, 4.69) is 5.48 Å². The quantitative estimate of drug-likeness (QED) is 0.769. The number of hydrogen-bond donors (Lipinski definition) is 1. The molecule has 1 aromatic rings. The van der Waals surface area contributed by atoms with E-state index in [1.54, 1.807) is 25.1 Å². The lowest BCUT2D eigenvalue weighted by Crippen LogP contribution is -2.24. The summed E-state index contributed by atoms with van der Waals surface area (Å²) in [6, 6.07) is 5.06. The van der Waals surface area contributed by atoms with Crippen molar-refractivity contribution in [2.24, 2.45) is 0 Å². The van der Waals surface area contributed by atoms with Crippen LogP contribution in [0.4, 0.5) is 0 Å². The van der Waals surface area contributed by atoms with E-state index in [4.69, 9.17) is 14.3 Å². The zero-order valence-corrected chi connectivity index (χ0v) is 9.57. The predicted octanol–water partition coefficient (Wildman–Crippen LogP) is 1.39. The van der Waals surface area contributed by atoms with Crippen molar-refractivity contribution in [2.75, 3.05) is 20.8 Å². The molecule has 0 radical (unpaired) electrons. The molecular formula is C11H15NO4. The molecule has 0 atom stereocenters. The minimum atomic E-state index is -0.363. The molecule has 1 N–H and O–H groups in total. The van der Waals surface area contributed by atoms with E-state index >= 15 is 0 Å². The maximum Gasteiger partial charge on any atom is 0.278 e. The van der Waals surface area contributed by atoms with Crippen LogP contribution in [0.3, 0.4) is 0 Å². The highest BCUT2D eigenvalue weighted by molar-refractivity contribution is 5.97. The third-order valence-corrected chi connectivity index (χ3v) is 1.96. The van der Waals surface area contributed by atoms with E-state index in [0.717, 1.165) is 0 Å². The van der Waals surface area contributed by atoms with Crippen molar-refractivity contribution in [2.45, 2.75) is 6.92 Å². The Balaban J connectivity index is 2.98. The summed E-state index contributed by atoms with van der Waals surface area (Å²) >= 11 is 0. The van der Waals surface area contributed by atoms with Gasteiger partial charge < -0.3 is 9.47 Å². The second-order valence-corrected chi connectivity index (χ2v) is 2.91. The number of carbonyl (C=O) groups is 1. The predicted molar refractivity (Wildman–Crippen MR) is 58.6 cm³/mol. The number of ether oxygens (including phenoxy) is 2. The molecular weight excluding hydrogens is 210 g/mol. The highest BCUT2D eigenvalue weighted by atomic mass is 16.6. The molecule has 0 heterocycles. The molecule has 0 aliphatic rings. The summed E-state index contributed by atoms with van der Waals surface area (Å²) in [5.41, 5.74) is 2.67. The fraction of sp³-hybridized carbons (Fsp3) is 0.364. The Morgan fingerprint density at radius 3 is 2.62 bits per heavy atom. The number of nitrogens with one attached hydrogen (secondary N) is 1. The first-order valence-corrected chi connectivity index (χ1v) is 4.87. The van der Waals surface area contributed by atoms with E-state index in [0.29, 0.717) is 23.7 Å². The smallest absolute Gasteiger partial charge is 0.278 e. The average molecular weight is 225 g/mol. The fourth-order valence-corrected chi connectivity index (χ4v) is 1.26. The van der Waals surface area contributed by atoms with Crippen LogP contribution in [0, 0.1) is 0 Å². The van der Waals surface area contributed by atoms with Crippen molar-refractivity contribution in [3.05, 3.63) is 23.8 Å². The van der Waals surface area contributed by atoms with Crippen LogP contribution in [0.5, 0.6) is 11.5 Å². The number of rotatable bonds is 5. The second kappa shape index (κ2) is 5.97. The van der Waals surface area contributed by atoms with Gasteiger partial charge in [-0.15, -0.1) is 0 Å². The van der Waals surface area contributed by atoms with E-state index in [-0.39, 0.29) is 5.91 Å². The molecule has 88 valence electrons. The van der Waals surface area contributed by atoms with Gasteiger partial charge in [0.1, 0.15) is 0 Å². The number of carbonyl (C=O) groups excluding carboxylic acids is 1. The summed E-state index contributed by atoms with van der Waals surface area (Å²) < 4.78 is 10.2. The number of para-hydroxylation sites is 1. The van der Waals surface area contributed by atoms with Gasteiger partial charge in [0.15, 0.2) is 11.5 Å². The number of hydrogen-bond acceptors (Lipinski definition) is 4. The zero-order valence-electron chi connectivity index (χ0n) is 9.57. The number of amides is 1. The highest BCUT2D eigenvalue weighted by Gasteiger charge is 2.15. The van der Waals surface area contributed by atoms with E-state index in [1.807, 2.05) is 0 Å². The normalized spacial score (nSPS) is 9.69. The topological polar surface area (TPSA) is 56.8 Å². The molecule has 0 unspecified atom stereocenters. The summed E-state index contributed by atoms with van der Waals surface area (Å²) in [6.45, 7) is 2.18. The summed E-state index contributed by atoms with van der Waals surface area (Å²) in [6.07, 6.45) is 0. The van der Waals surface area contributed by atoms with Gasteiger partial charge in [-0.1, -0.05) is 6.07 Å². The first-order valence-electron chi connectivity index (χ1n) is 4.87. The van der Waals surface area contributed by atoms with Gasteiger partial charge in [0.05, 0.1) is 26.4 Å². The van der Waals surface area contributed by atoms with Crippen LogP contribution in [0.2, 0.25) is 0 Å². The fourth-order valence-electron chi connectivity index (χ4n) is 1.26. The van der Waals surface area contributed by atoms with Crippen LogP contribution in [0.1, 0.15) is 17.3 Å². The first-order chi connectivity index (χ1) is 7.74. The van der Waals surface area contributed by atoms with Crippen LogP contribution in [0.25, 0.3) is 0 Å². The lowest BCUT2D eigenvalue weighted by molar-refractivity contribution is 0.0361. The van der Waals surface area contributed by atoms with Gasteiger partial charge in [0.2, 0.25) is 0 Å². The minimum Gasteiger partial charge on any atom is -0.493 e. The third-order valence-electron chi connectivity index (χ3n) is 1.96. The summed E-state index contributed by atoms with van der Waals surface area (Å²) in [7, 11) is 3.00. The molecule has 0 aliphatic carbocycles. The number of benzene rings is 1. The Morgan fingerprint density at radius 1 is 1.31 bits per heavy atom. The third kappa shape index (κ3) is 2.64. The van der Waals surface area contributed by atoms with E-state index in [1.165, 1.54) is 14.2 Å². The monoisotopic (exact) mass is 225 g/mol. The molecule has 0 saturated heterocycles. The molecule has 0 saturated carbocycles. The molecule has 5 heteroatoms. The van der Waals surface area contributed by atoms with E-state index in [9.17, 15) is 4.79 Å². The largest absolute Gasteiger partial charge is 0.493 e. The maximum absolute atomic E-state index is 11.7. The molecule has 0 fully saturated rings. The Bertz CT molecular complexity index is 365. The molecule has 0 spiro atoms. The molecule has 0 aliphatic heterocycles. The van der Waals surface area contributed by atoms with Gasteiger partial charge >= 0.3 is 0 Å². The van der Waals surface area contributed by atoms with Gasteiger partial charge in [-0.25, -0.2) is 5.48 Å². The first kappa shape index (κ1) is 12.3. The maximum atomic E-state index is 11.7. The molecule has 1 amide bonds. The Hall–Kier alpha value is -1.75. The SMILES string of the molecule is CCONC(=O)c1cccc(OC)c1OC. The van der Waals surface area contributed by atoms with Gasteiger partial charge in [-0.05, 0) is 19.1 Å². The number of hydroxylamine groups is 1. The van der Waals surface area contributed by atoms with Crippen molar-refractivity contribution in [1.29, 1.82) is 0 Å². The second-order valence-electron chi connectivity index (χ2n) is 2.91. The molecule has 1 aromatic carbocycles. The van der Waals surface area contributed by atoms with Crippen molar-refractivity contribution < 1.29 is 19.1 Å². The Kier molecular flexibility index (Phi) is 4.60. The summed E-state index contributed by atoms with van der Waals surface area (Å²) in [5.74, 6) is 0.534. The van der Waals surface area contributed by atoms with Crippen molar-refractivity contribution in [1.82, 2.24) is 5.48 Å². The number of methoxy groups -OCH3 is 2. The standard InChI is InChI=1S/C11H15NO4/c1-4-16-12-11(13)8-6-5-7-9(14-2)10(8)15-3/h5-7H,4H2,1-3H3,(H,12,13). The molecule has 1 rings (SSSR count). The molecule has 0 bridgehead atoms. The van der Waals surface area contributed by atoms with Gasteiger partial charge in [-0.2, -0.15) is 0 Å². The zero-order chi connectivity index (χ0) is 12.0. The van der Waals surface area contributed by atoms with Crippen LogP contribution < -0.4 is 15.0 Å². The van der Waals surface area contributed by atoms with Crippen LogP contribution in [0.15, 0.2) is 18.2 Å². The highest BCUT2D eigenvalue weighted by Crippen LogP contribution is 2.30. The minimum absolute atomic E-state index is 0.363. The Labute approximate surface area is 94.3 Å². The summed E-state index contributed by atoms with van der Waals surface area (Å²) in [5, 5.41) is 0. The molecule has 0 aromatic heterocycles. The molecule has 5 nitrogen and oxygen atoms in total. The summed E-state index contributed by atoms with van der Waals surface area (Å²) in [4.78, 5) is 16.5. The lowest BCUT2D eigenvalue weighted by Gasteiger charge is -2.11. The lowest BCUT2D eigenvalue weighted by atomic mass is 10.2. The Morgan fingerprint density at radius 2 is 2.06 bits per heavy atom. The van der Waals surface area contributed by atoms with Gasteiger partial charge in [0.25, 0.3) is 5.91 Å². The average Bonchev–Trinajstić information content (AvgIpc) is 2.34. The van der Waals surface area contributed by atoms with Crippen LogP contribution in [-0.4, -0.2) is 26.7 Å². The van der Waals surface area contributed by atoms with Crippen molar-refractivity contribution in [3.8, 4) is 11.5 Å². The molecule has 16 heavy (non-hydrogen) atoms. The van der Waals surface area contributed by atoms with Crippen LogP contribution in [-0.2, 0) is 4.84 Å². The van der Waals surface area contributed by atoms with Crippen LogP contribution >= 0.6 is 0 Å². The van der Waals surface area contributed by atoms with Crippen molar-refractivity contribution in [3.63, 3.8) is 0 Å². The van der Waals surface area contributed by atoms with Gasteiger partial charge in [-0.3, -0.25) is 9.63 Å². The van der Waals surface area contributed by atoms with Gasteiger partial charge in [0, 0.05) is 0 Å².